The Morgan fingerprint density at radius 3 is 1.13 bits per heavy atom. The number of nitrogens with one attached hydrogen (secondary N) is 4. The first-order valence-electron chi connectivity index (χ1n) is 26.5. The first-order valence-corrected chi connectivity index (χ1v) is 26.5. The summed E-state index contributed by atoms with van der Waals surface area (Å²) in [5.41, 5.74) is 1.74. The third kappa shape index (κ3) is 16.8. The molecule has 0 spiro atoms. The number of rotatable bonds is 24. The molecule has 6 rings (SSSR count). The van der Waals surface area contributed by atoms with Crippen LogP contribution in [0.5, 0.6) is 23.0 Å². The normalized spacial score (nSPS) is 12.2. The summed E-state index contributed by atoms with van der Waals surface area (Å²) in [6.07, 6.45) is 1.84. The van der Waals surface area contributed by atoms with Crippen molar-refractivity contribution in [2.75, 3.05) is 52.6 Å². The number of fused-ring (bicyclic) bond motifs is 2. The Morgan fingerprint density at radius 1 is 0.451 bits per heavy atom. The van der Waals surface area contributed by atoms with Gasteiger partial charge in [-0.25, -0.2) is 38.4 Å². The summed E-state index contributed by atoms with van der Waals surface area (Å²) >= 11 is 0. The van der Waals surface area contributed by atoms with Crippen molar-refractivity contribution in [3.05, 3.63) is 156 Å². The number of hydrogen-bond donors (Lipinski definition) is 4. The Bertz CT molecular complexity index is 3100. The van der Waals surface area contributed by atoms with Gasteiger partial charge in [0, 0.05) is 33.4 Å². The minimum atomic E-state index is -1.51. The van der Waals surface area contributed by atoms with Gasteiger partial charge in [-0.15, -0.1) is 0 Å². The van der Waals surface area contributed by atoms with Crippen LogP contribution in [0.4, 0.5) is 19.2 Å². The van der Waals surface area contributed by atoms with Gasteiger partial charge in [0.15, 0.2) is 0 Å². The fourth-order valence-corrected chi connectivity index (χ4v) is 9.08. The van der Waals surface area contributed by atoms with Crippen LogP contribution in [-0.4, -0.2) is 101 Å². The molecule has 1 fully saturated rings. The van der Waals surface area contributed by atoms with E-state index < -0.39 is 53.7 Å². The average molecular weight is 1130 g/mol. The summed E-state index contributed by atoms with van der Waals surface area (Å²) < 4.78 is 44.5. The third-order valence-electron chi connectivity index (χ3n) is 13.1. The Labute approximate surface area is 475 Å². The van der Waals surface area contributed by atoms with E-state index in [0.29, 0.717) is 44.2 Å². The van der Waals surface area contributed by atoms with E-state index in [1.807, 2.05) is 19.1 Å². The zero-order valence-electron chi connectivity index (χ0n) is 46.7. The van der Waals surface area contributed by atoms with E-state index in [2.05, 4.69) is 59.7 Å². The molecule has 0 unspecified atom stereocenters. The third-order valence-corrected chi connectivity index (χ3v) is 13.1. The zero-order chi connectivity index (χ0) is 59.5. The van der Waals surface area contributed by atoms with Gasteiger partial charge in [0.2, 0.25) is 0 Å². The molecule has 1 aliphatic carbocycles. The predicted molar refractivity (Wildman–Crippen MR) is 305 cm³/mol. The molecule has 5 aromatic carbocycles. The van der Waals surface area contributed by atoms with Crippen LogP contribution in [-0.2, 0) is 43.5 Å². The van der Waals surface area contributed by atoms with Crippen LogP contribution in [0.15, 0.2) is 134 Å². The van der Waals surface area contributed by atoms with Crippen molar-refractivity contribution < 1.29 is 76.3 Å². The molecule has 1 saturated carbocycles. The Kier molecular flexibility index (Phi) is 21.9. The fraction of sp³-hybridized carbons (Fsp3) is 0.323. The van der Waals surface area contributed by atoms with Gasteiger partial charge >= 0.3 is 48.3 Å². The number of esters is 4. The van der Waals surface area contributed by atoms with E-state index in [1.54, 1.807) is 60.7 Å². The molecule has 0 atom stereocenters. The summed E-state index contributed by atoms with van der Waals surface area (Å²) in [5, 5.41) is 12.4. The number of benzene rings is 5. The summed E-state index contributed by atoms with van der Waals surface area (Å²) in [7, 11) is 0. The van der Waals surface area contributed by atoms with Crippen LogP contribution < -0.4 is 40.2 Å². The van der Waals surface area contributed by atoms with Gasteiger partial charge in [-0.1, -0.05) is 94.1 Å². The molecule has 1 aliphatic rings. The Morgan fingerprint density at radius 2 is 0.793 bits per heavy atom. The lowest BCUT2D eigenvalue weighted by Gasteiger charge is -2.36. The van der Waals surface area contributed by atoms with Crippen molar-refractivity contribution in [3.8, 4) is 23.0 Å². The molecule has 82 heavy (non-hydrogen) atoms. The number of carbonyl (C=O) groups is 8. The highest BCUT2D eigenvalue weighted by atomic mass is 16.6. The van der Waals surface area contributed by atoms with Crippen molar-refractivity contribution >= 4 is 69.8 Å². The number of amides is 4. The molecular weight excluding hydrogens is 1060 g/mol. The molecule has 5 aromatic rings. The molecule has 0 saturated heterocycles. The van der Waals surface area contributed by atoms with Gasteiger partial charge in [0.05, 0.1) is 31.6 Å². The molecular formula is C62H68N4O16. The maximum atomic E-state index is 14.0. The van der Waals surface area contributed by atoms with Gasteiger partial charge in [-0.05, 0) is 122 Å². The van der Waals surface area contributed by atoms with Crippen LogP contribution in [0.25, 0.3) is 21.5 Å². The van der Waals surface area contributed by atoms with Crippen molar-refractivity contribution in [3.63, 3.8) is 0 Å². The minimum Gasteiger partial charge on any atom is -0.460 e. The second-order valence-electron chi connectivity index (χ2n) is 19.7. The second kappa shape index (κ2) is 29.1. The Hall–Kier alpha value is -9.46. The molecule has 0 aromatic heterocycles. The van der Waals surface area contributed by atoms with Gasteiger partial charge in [0.1, 0.15) is 49.4 Å². The quantitative estimate of drug-likeness (QED) is 0.0147. The van der Waals surface area contributed by atoms with Crippen LogP contribution in [0.2, 0.25) is 0 Å². The number of carbonyl (C=O) groups excluding carboxylic acids is 8. The van der Waals surface area contributed by atoms with E-state index in [1.165, 1.54) is 27.7 Å². The van der Waals surface area contributed by atoms with E-state index in [4.69, 9.17) is 37.9 Å². The lowest BCUT2D eigenvalue weighted by Crippen LogP contribution is -2.34. The molecule has 20 heteroatoms. The van der Waals surface area contributed by atoms with Crippen LogP contribution in [0.1, 0.15) is 94.9 Å². The maximum Gasteiger partial charge on any atom is 0.412 e. The Balaban J connectivity index is 1.53. The van der Waals surface area contributed by atoms with Crippen molar-refractivity contribution in [1.29, 1.82) is 0 Å². The summed E-state index contributed by atoms with van der Waals surface area (Å²) in [6, 6.07) is 24.2. The lowest BCUT2D eigenvalue weighted by molar-refractivity contribution is -0.139. The molecule has 0 radical (unpaired) electrons. The van der Waals surface area contributed by atoms with Crippen LogP contribution in [0.3, 0.4) is 0 Å². The minimum absolute atomic E-state index is 0.0378. The van der Waals surface area contributed by atoms with Crippen molar-refractivity contribution in [1.82, 2.24) is 21.3 Å². The topological polar surface area (TPSA) is 259 Å². The molecule has 0 bridgehead atoms. The average Bonchev–Trinajstić information content (AvgIpc) is 1.12. The predicted octanol–water partition coefficient (Wildman–Crippen LogP) is 10.2. The molecule has 4 amide bonds. The van der Waals surface area contributed by atoms with Crippen LogP contribution >= 0.6 is 0 Å². The van der Waals surface area contributed by atoms with E-state index >= 15 is 0 Å². The highest BCUT2D eigenvalue weighted by molar-refractivity contribution is 5.97. The lowest BCUT2D eigenvalue weighted by atomic mass is 9.67. The van der Waals surface area contributed by atoms with Gasteiger partial charge in [-0.2, -0.15) is 0 Å². The highest BCUT2D eigenvalue weighted by Crippen LogP contribution is 2.52. The smallest absolute Gasteiger partial charge is 0.412 e. The first-order chi connectivity index (χ1) is 39.2. The SMILES string of the molecule is C=C(C)C(=O)OCCNC(=O)Oc1ccc2c(C(C)(c3ccc(C4CCCCC4)cc3)c3c(OC(=O)NCCOC(=O)C(=C)C)ccc4cc(OC(=O)NCCOC(=O)C(=C)C)ccc34)c(OC(=O)NCCOC(=O)C(=C)C)ccc2c1. The fourth-order valence-electron chi connectivity index (χ4n) is 9.08. The van der Waals surface area contributed by atoms with E-state index in [-0.39, 0.29) is 97.9 Å². The summed E-state index contributed by atoms with van der Waals surface area (Å²) in [6.45, 7) is 21.1. The highest BCUT2D eigenvalue weighted by Gasteiger charge is 2.41. The molecule has 0 heterocycles. The van der Waals surface area contributed by atoms with Crippen molar-refractivity contribution in [2.24, 2.45) is 0 Å². The standard InChI is InChI=1S/C62H68N4O16/c1-37(2)54(67)75-31-27-63-58(71)79-46-21-23-48-43(35-46)17-25-50(81-60(73)65-29-33-77-56(69)39(5)6)52(48)62(9,45-19-15-42(16-20-45)41-13-11-10-12-14-41)53-49-24-22-47(80-59(72)64-28-32-76-55(68)38(3)4)36-44(49)18-26-51(53)82-61(74)66-30-34-78-57(70)40(7)8/h15-26,35-36,41H,1,3,5,7,10-14,27-34H2,2,4,6,8-9H3,(H,63,71)(H,64,72)(H,65,73)(H,66,74). The van der Waals surface area contributed by atoms with Crippen LogP contribution in [0, 0.1) is 0 Å². The van der Waals surface area contributed by atoms with Gasteiger partial charge in [-0.3, -0.25) is 0 Å². The maximum absolute atomic E-state index is 14.0. The number of ether oxygens (including phenoxy) is 8. The van der Waals surface area contributed by atoms with E-state index in [9.17, 15) is 38.4 Å². The van der Waals surface area contributed by atoms with Gasteiger partial charge in [0.25, 0.3) is 0 Å². The van der Waals surface area contributed by atoms with Gasteiger partial charge < -0.3 is 59.2 Å². The molecule has 20 nitrogen and oxygen atoms in total. The first kappa shape index (κ1) is 61.7. The monoisotopic (exact) mass is 1120 g/mol. The summed E-state index contributed by atoms with van der Waals surface area (Å²) in [5.74, 6) is -1.89. The molecule has 4 N–H and O–H groups in total. The van der Waals surface area contributed by atoms with Crippen molar-refractivity contribution in [2.45, 2.75) is 78.1 Å². The summed E-state index contributed by atoms with van der Waals surface area (Å²) in [4.78, 5) is 102. The zero-order valence-corrected chi connectivity index (χ0v) is 46.7. The molecule has 432 valence electrons. The van der Waals surface area contributed by atoms with E-state index in [0.717, 1.165) is 37.7 Å². The molecule has 0 aliphatic heterocycles. The second-order valence-corrected chi connectivity index (χ2v) is 19.7. The largest absolute Gasteiger partial charge is 0.460 e. The number of hydrogen-bond acceptors (Lipinski definition) is 16.